The number of alkyl carbamates (subject to hydrolysis) is 1. The summed E-state index contributed by atoms with van der Waals surface area (Å²) in [5.74, 6) is 2.64. The number of hydrogen-bond acceptors (Lipinski definition) is 3. The Morgan fingerprint density at radius 2 is 2.20 bits per heavy atom. The van der Waals surface area contributed by atoms with Crippen molar-refractivity contribution in [2.45, 2.75) is 26.4 Å². The third kappa shape index (κ3) is 3.45. The first-order valence-electron chi connectivity index (χ1n) is 4.89. The zero-order chi connectivity index (χ0) is 11.5. The molecule has 0 aromatic carbocycles. The molecule has 0 spiro atoms. The predicted octanol–water partition coefficient (Wildman–Crippen LogP) is 1.16. The van der Waals surface area contributed by atoms with Gasteiger partial charge in [0.05, 0.1) is 18.6 Å². The SMILES string of the molecule is C#CC1(CNC(=O)OC(C)(C)C)COC1. The van der Waals surface area contributed by atoms with Gasteiger partial charge in [-0.3, -0.25) is 0 Å². The van der Waals surface area contributed by atoms with Gasteiger partial charge in [0, 0.05) is 6.54 Å². The molecule has 15 heavy (non-hydrogen) atoms. The number of terminal acetylenes is 1. The second kappa shape index (κ2) is 4.11. The van der Waals surface area contributed by atoms with Crippen molar-refractivity contribution in [3.05, 3.63) is 0 Å². The molecule has 1 amide bonds. The van der Waals surface area contributed by atoms with Gasteiger partial charge in [-0.1, -0.05) is 5.92 Å². The van der Waals surface area contributed by atoms with Gasteiger partial charge in [-0.25, -0.2) is 4.79 Å². The van der Waals surface area contributed by atoms with Crippen molar-refractivity contribution in [1.29, 1.82) is 0 Å². The Balaban J connectivity index is 2.32. The minimum atomic E-state index is -0.483. The maximum absolute atomic E-state index is 11.3. The molecular formula is C11H17NO3. The van der Waals surface area contributed by atoms with Crippen molar-refractivity contribution in [2.24, 2.45) is 5.41 Å². The first-order chi connectivity index (χ1) is 6.87. The molecule has 0 saturated carbocycles. The lowest BCUT2D eigenvalue weighted by Gasteiger charge is -2.36. The van der Waals surface area contributed by atoms with Crippen LogP contribution in [0, 0.1) is 17.8 Å². The molecule has 0 aliphatic carbocycles. The van der Waals surface area contributed by atoms with E-state index < -0.39 is 11.7 Å². The smallest absolute Gasteiger partial charge is 0.407 e. The zero-order valence-corrected chi connectivity index (χ0v) is 9.42. The summed E-state index contributed by atoms with van der Waals surface area (Å²) in [5.41, 5.74) is -0.819. The van der Waals surface area contributed by atoms with E-state index in [1.165, 1.54) is 0 Å². The van der Waals surface area contributed by atoms with E-state index in [-0.39, 0.29) is 5.41 Å². The van der Waals surface area contributed by atoms with E-state index in [9.17, 15) is 4.79 Å². The normalized spacial score (nSPS) is 18.5. The third-order valence-corrected chi connectivity index (χ3v) is 2.03. The highest BCUT2D eigenvalue weighted by atomic mass is 16.6. The van der Waals surface area contributed by atoms with E-state index in [1.807, 2.05) is 20.8 Å². The molecule has 1 fully saturated rings. The maximum Gasteiger partial charge on any atom is 0.407 e. The van der Waals surface area contributed by atoms with E-state index in [0.717, 1.165) is 0 Å². The quantitative estimate of drug-likeness (QED) is 0.697. The van der Waals surface area contributed by atoms with Crippen molar-refractivity contribution in [1.82, 2.24) is 5.32 Å². The van der Waals surface area contributed by atoms with Crippen molar-refractivity contribution < 1.29 is 14.3 Å². The molecule has 1 aliphatic heterocycles. The van der Waals surface area contributed by atoms with E-state index in [2.05, 4.69) is 11.2 Å². The van der Waals surface area contributed by atoms with E-state index in [1.54, 1.807) is 0 Å². The highest BCUT2D eigenvalue weighted by Gasteiger charge is 2.37. The van der Waals surface area contributed by atoms with Gasteiger partial charge in [0.1, 0.15) is 5.60 Å². The van der Waals surface area contributed by atoms with Crippen LogP contribution in [0.5, 0.6) is 0 Å². The minimum Gasteiger partial charge on any atom is -0.444 e. The summed E-state index contributed by atoms with van der Waals surface area (Å²) in [6, 6.07) is 0. The van der Waals surface area contributed by atoms with Crippen LogP contribution in [0.1, 0.15) is 20.8 Å². The second-order valence-electron chi connectivity index (χ2n) is 4.77. The van der Waals surface area contributed by atoms with Crippen LogP contribution in [0.2, 0.25) is 0 Å². The Bertz CT molecular complexity index is 281. The fourth-order valence-corrected chi connectivity index (χ4v) is 1.14. The van der Waals surface area contributed by atoms with Crippen molar-refractivity contribution in [2.75, 3.05) is 19.8 Å². The topological polar surface area (TPSA) is 47.6 Å². The van der Waals surface area contributed by atoms with Crippen LogP contribution in [0.25, 0.3) is 0 Å². The summed E-state index contributed by atoms with van der Waals surface area (Å²) >= 11 is 0. The Hall–Kier alpha value is -1.21. The fraction of sp³-hybridized carbons (Fsp3) is 0.727. The van der Waals surface area contributed by atoms with Crippen LogP contribution in [0.4, 0.5) is 4.79 Å². The summed E-state index contributed by atoms with van der Waals surface area (Å²) in [5, 5.41) is 2.65. The summed E-state index contributed by atoms with van der Waals surface area (Å²) in [7, 11) is 0. The lowest BCUT2D eigenvalue weighted by atomic mass is 9.87. The largest absolute Gasteiger partial charge is 0.444 e. The van der Waals surface area contributed by atoms with E-state index in [0.29, 0.717) is 19.8 Å². The number of rotatable bonds is 2. The Morgan fingerprint density at radius 3 is 2.53 bits per heavy atom. The van der Waals surface area contributed by atoms with Gasteiger partial charge in [0.15, 0.2) is 0 Å². The first kappa shape index (κ1) is 11.9. The van der Waals surface area contributed by atoms with E-state index in [4.69, 9.17) is 15.9 Å². The molecule has 1 aliphatic rings. The Labute approximate surface area is 90.3 Å². The van der Waals surface area contributed by atoms with Crippen LogP contribution >= 0.6 is 0 Å². The average molecular weight is 211 g/mol. The fourth-order valence-electron chi connectivity index (χ4n) is 1.14. The zero-order valence-electron chi connectivity index (χ0n) is 9.42. The number of nitrogens with one attached hydrogen (secondary N) is 1. The maximum atomic E-state index is 11.3. The molecule has 4 heteroatoms. The molecule has 0 atom stereocenters. The van der Waals surface area contributed by atoms with Gasteiger partial charge in [-0.2, -0.15) is 0 Å². The van der Waals surface area contributed by atoms with Crippen molar-refractivity contribution in [3.63, 3.8) is 0 Å². The summed E-state index contributed by atoms with van der Waals surface area (Å²) in [6.45, 7) is 6.85. The molecule has 0 aromatic rings. The predicted molar refractivity (Wildman–Crippen MR) is 56.3 cm³/mol. The molecule has 1 N–H and O–H groups in total. The third-order valence-electron chi connectivity index (χ3n) is 2.03. The lowest BCUT2D eigenvalue weighted by molar-refractivity contribution is -0.0743. The summed E-state index contributed by atoms with van der Waals surface area (Å²) in [4.78, 5) is 11.3. The van der Waals surface area contributed by atoms with Crippen LogP contribution in [0.3, 0.4) is 0 Å². The van der Waals surface area contributed by atoms with E-state index >= 15 is 0 Å². The second-order valence-corrected chi connectivity index (χ2v) is 4.77. The molecule has 84 valence electrons. The number of amides is 1. The van der Waals surface area contributed by atoms with Crippen LogP contribution in [-0.2, 0) is 9.47 Å². The first-order valence-corrected chi connectivity index (χ1v) is 4.89. The van der Waals surface area contributed by atoms with Gasteiger partial charge < -0.3 is 14.8 Å². The van der Waals surface area contributed by atoms with Crippen molar-refractivity contribution >= 4 is 6.09 Å². The van der Waals surface area contributed by atoms with Crippen molar-refractivity contribution in [3.8, 4) is 12.3 Å². The molecule has 4 nitrogen and oxygen atoms in total. The highest BCUT2D eigenvalue weighted by molar-refractivity contribution is 5.67. The molecule has 1 rings (SSSR count). The molecule has 0 unspecified atom stereocenters. The van der Waals surface area contributed by atoms with Gasteiger partial charge in [-0.05, 0) is 20.8 Å². The Kier molecular flexibility index (Phi) is 3.25. The summed E-state index contributed by atoms with van der Waals surface area (Å²) in [6.07, 6.45) is 4.92. The monoisotopic (exact) mass is 211 g/mol. The van der Waals surface area contributed by atoms with Crippen LogP contribution in [0.15, 0.2) is 0 Å². The van der Waals surface area contributed by atoms with Gasteiger partial charge in [-0.15, -0.1) is 6.42 Å². The minimum absolute atomic E-state index is 0.336. The molecular weight excluding hydrogens is 194 g/mol. The number of ether oxygens (including phenoxy) is 2. The lowest BCUT2D eigenvalue weighted by Crippen LogP contribution is -2.50. The van der Waals surface area contributed by atoms with Crippen LogP contribution in [-0.4, -0.2) is 31.5 Å². The molecule has 0 bridgehead atoms. The van der Waals surface area contributed by atoms with Gasteiger partial charge >= 0.3 is 6.09 Å². The summed E-state index contributed by atoms with van der Waals surface area (Å²) < 4.78 is 10.1. The van der Waals surface area contributed by atoms with Gasteiger partial charge in [0.2, 0.25) is 0 Å². The van der Waals surface area contributed by atoms with Crippen LogP contribution < -0.4 is 5.32 Å². The van der Waals surface area contributed by atoms with Gasteiger partial charge in [0.25, 0.3) is 0 Å². The molecule has 0 radical (unpaired) electrons. The Morgan fingerprint density at radius 1 is 1.60 bits per heavy atom. The molecule has 1 saturated heterocycles. The average Bonchev–Trinajstić information content (AvgIpc) is 1.99. The number of carbonyl (C=O) groups excluding carboxylic acids is 1. The number of hydrogen-bond donors (Lipinski definition) is 1. The number of carbonyl (C=O) groups is 1. The standard InChI is InChI=1S/C11H17NO3/c1-5-11(7-14-8-11)6-12-9(13)15-10(2,3)4/h1H,6-8H2,2-4H3,(H,12,13). The molecule has 1 heterocycles. The highest BCUT2D eigenvalue weighted by Crippen LogP contribution is 2.25. The molecule has 0 aromatic heterocycles.